The standard InChI is InChI=1S/C19H24FNO/c1-14-6-3-10-19(15(14)2)22-11-5-8-17(13-21)16-7-4-9-18(20)12-16/h3-4,6-7,9-10,12,17H,5,8,11,13,21H2,1-2H3. The lowest BCUT2D eigenvalue weighted by Gasteiger charge is -2.16. The van der Waals surface area contributed by atoms with Crippen molar-refractivity contribution in [2.75, 3.05) is 13.2 Å². The van der Waals surface area contributed by atoms with Gasteiger partial charge in [0, 0.05) is 0 Å². The molecule has 0 fully saturated rings. The predicted molar refractivity (Wildman–Crippen MR) is 88.8 cm³/mol. The molecule has 0 aliphatic rings. The minimum absolute atomic E-state index is 0.179. The highest BCUT2D eigenvalue weighted by molar-refractivity contribution is 5.38. The van der Waals surface area contributed by atoms with Crippen LogP contribution in [0, 0.1) is 19.7 Å². The van der Waals surface area contributed by atoms with E-state index in [9.17, 15) is 4.39 Å². The quantitative estimate of drug-likeness (QED) is 0.772. The summed E-state index contributed by atoms with van der Waals surface area (Å²) < 4.78 is 19.1. The van der Waals surface area contributed by atoms with Crippen molar-refractivity contribution in [3.05, 3.63) is 65.0 Å². The lowest BCUT2D eigenvalue weighted by atomic mass is 9.94. The average Bonchev–Trinajstić information content (AvgIpc) is 2.51. The lowest BCUT2D eigenvalue weighted by molar-refractivity contribution is 0.299. The Morgan fingerprint density at radius 3 is 2.64 bits per heavy atom. The topological polar surface area (TPSA) is 35.2 Å². The molecule has 0 aliphatic carbocycles. The van der Waals surface area contributed by atoms with E-state index in [4.69, 9.17) is 10.5 Å². The Labute approximate surface area is 132 Å². The molecule has 2 rings (SSSR count). The highest BCUT2D eigenvalue weighted by atomic mass is 19.1. The van der Waals surface area contributed by atoms with Gasteiger partial charge in [0.25, 0.3) is 0 Å². The Balaban J connectivity index is 1.86. The molecule has 2 N–H and O–H groups in total. The van der Waals surface area contributed by atoms with Crippen LogP contribution in [0.25, 0.3) is 0 Å². The van der Waals surface area contributed by atoms with E-state index in [0.717, 1.165) is 24.2 Å². The van der Waals surface area contributed by atoms with Crippen LogP contribution in [0.5, 0.6) is 5.75 Å². The van der Waals surface area contributed by atoms with Gasteiger partial charge < -0.3 is 10.5 Å². The molecule has 0 saturated heterocycles. The highest BCUT2D eigenvalue weighted by Crippen LogP contribution is 2.23. The van der Waals surface area contributed by atoms with Gasteiger partial charge in [0.2, 0.25) is 0 Å². The van der Waals surface area contributed by atoms with Crippen LogP contribution in [0.3, 0.4) is 0 Å². The second kappa shape index (κ2) is 7.95. The van der Waals surface area contributed by atoms with Crippen LogP contribution in [0.1, 0.15) is 35.4 Å². The summed E-state index contributed by atoms with van der Waals surface area (Å²) in [4.78, 5) is 0. The van der Waals surface area contributed by atoms with E-state index in [-0.39, 0.29) is 11.7 Å². The van der Waals surface area contributed by atoms with Gasteiger partial charge in [-0.2, -0.15) is 0 Å². The molecule has 0 bridgehead atoms. The Morgan fingerprint density at radius 2 is 1.91 bits per heavy atom. The fraction of sp³-hybridized carbons (Fsp3) is 0.368. The fourth-order valence-corrected chi connectivity index (χ4v) is 2.57. The number of hydrogen-bond donors (Lipinski definition) is 1. The van der Waals surface area contributed by atoms with Crippen molar-refractivity contribution in [1.29, 1.82) is 0 Å². The first-order valence-corrected chi connectivity index (χ1v) is 7.76. The van der Waals surface area contributed by atoms with E-state index in [1.807, 2.05) is 18.2 Å². The van der Waals surface area contributed by atoms with E-state index in [1.54, 1.807) is 12.1 Å². The van der Waals surface area contributed by atoms with E-state index in [1.165, 1.54) is 17.2 Å². The van der Waals surface area contributed by atoms with E-state index < -0.39 is 0 Å². The zero-order valence-corrected chi connectivity index (χ0v) is 13.3. The Morgan fingerprint density at radius 1 is 1.14 bits per heavy atom. The van der Waals surface area contributed by atoms with Crippen LogP contribution in [-0.4, -0.2) is 13.2 Å². The summed E-state index contributed by atoms with van der Waals surface area (Å²) >= 11 is 0. The summed E-state index contributed by atoms with van der Waals surface area (Å²) in [5.41, 5.74) is 9.21. The minimum atomic E-state index is -0.206. The van der Waals surface area contributed by atoms with Gasteiger partial charge >= 0.3 is 0 Å². The number of ether oxygens (including phenoxy) is 1. The zero-order valence-electron chi connectivity index (χ0n) is 13.3. The van der Waals surface area contributed by atoms with Crippen LogP contribution in [0.15, 0.2) is 42.5 Å². The molecule has 3 heteroatoms. The first-order valence-electron chi connectivity index (χ1n) is 7.76. The van der Waals surface area contributed by atoms with Crippen molar-refractivity contribution in [1.82, 2.24) is 0 Å². The molecule has 0 aromatic heterocycles. The molecule has 0 heterocycles. The number of aryl methyl sites for hydroxylation is 1. The molecule has 22 heavy (non-hydrogen) atoms. The van der Waals surface area contributed by atoms with Gasteiger partial charge in [-0.15, -0.1) is 0 Å². The number of benzene rings is 2. The largest absolute Gasteiger partial charge is 0.493 e. The van der Waals surface area contributed by atoms with Gasteiger partial charge in [-0.25, -0.2) is 4.39 Å². The van der Waals surface area contributed by atoms with Crippen molar-refractivity contribution in [3.8, 4) is 5.75 Å². The summed E-state index contributed by atoms with van der Waals surface area (Å²) in [5.74, 6) is 0.913. The van der Waals surface area contributed by atoms with Crippen molar-refractivity contribution in [2.45, 2.75) is 32.6 Å². The molecule has 0 radical (unpaired) electrons. The second-order valence-corrected chi connectivity index (χ2v) is 5.68. The number of rotatable bonds is 7. The smallest absolute Gasteiger partial charge is 0.123 e. The van der Waals surface area contributed by atoms with E-state index >= 15 is 0 Å². The maximum absolute atomic E-state index is 13.3. The first kappa shape index (κ1) is 16.5. The van der Waals surface area contributed by atoms with Gasteiger partial charge in [0.05, 0.1) is 6.61 Å². The third-order valence-electron chi connectivity index (χ3n) is 4.11. The van der Waals surface area contributed by atoms with E-state index in [0.29, 0.717) is 13.2 Å². The predicted octanol–water partition coefficient (Wildman–Crippen LogP) is 4.34. The van der Waals surface area contributed by atoms with Crippen LogP contribution >= 0.6 is 0 Å². The number of hydrogen-bond acceptors (Lipinski definition) is 2. The fourth-order valence-electron chi connectivity index (χ4n) is 2.57. The van der Waals surface area contributed by atoms with Gasteiger partial charge in [0.15, 0.2) is 0 Å². The molecule has 0 aliphatic heterocycles. The van der Waals surface area contributed by atoms with Crippen molar-refractivity contribution < 1.29 is 9.13 Å². The average molecular weight is 301 g/mol. The van der Waals surface area contributed by atoms with Crippen LogP contribution in [0.2, 0.25) is 0 Å². The molecular formula is C19H24FNO. The Bertz CT molecular complexity index is 612. The monoisotopic (exact) mass is 301 g/mol. The van der Waals surface area contributed by atoms with Gasteiger partial charge in [0.1, 0.15) is 11.6 Å². The van der Waals surface area contributed by atoms with Crippen molar-refractivity contribution >= 4 is 0 Å². The molecule has 0 saturated carbocycles. The first-order chi connectivity index (χ1) is 10.6. The molecule has 2 nitrogen and oxygen atoms in total. The number of nitrogens with two attached hydrogens (primary N) is 1. The van der Waals surface area contributed by atoms with Crippen molar-refractivity contribution in [2.24, 2.45) is 5.73 Å². The lowest BCUT2D eigenvalue weighted by Crippen LogP contribution is -2.14. The SMILES string of the molecule is Cc1cccc(OCCCC(CN)c2cccc(F)c2)c1C. The summed E-state index contributed by atoms with van der Waals surface area (Å²) in [7, 11) is 0. The van der Waals surface area contributed by atoms with Gasteiger partial charge in [-0.1, -0.05) is 24.3 Å². The normalized spacial score (nSPS) is 12.2. The summed E-state index contributed by atoms with van der Waals surface area (Å²) in [6.45, 7) is 5.32. The summed E-state index contributed by atoms with van der Waals surface area (Å²) in [6.07, 6.45) is 1.79. The maximum atomic E-state index is 13.3. The van der Waals surface area contributed by atoms with Crippen LogP contribution < -0.4 is 10.5 Å². The molecule has 1 atom stereocenters. The molecule has 1 unspecified atom stereocenters. The third kappa shape index (κ3) is 4.31. The van der Waals surface area contributed by atoms with Gasteiger partial charge in [-0.05, 0) is 74.0 Å². The highest BCUT2D eigenvalue weighted by Gasteiger charge is 2.10. The molecule has 2 aromatic rings. The van der Waals surface area contributed by atoms with Crippen LogP contribution in [0.4, 0.5) is 4.39 Å². The van der Waals surface area contributed by atoms with Gasteiger partial charge in [-0.3, -0.25) is 0 Å². The summed E-state index contributed by atoms with van der Waals surface area (Å²) in [5, 5.41) is 0. The van der Waals surface area contributed by atoms with Crippen LogP contribution in [-0.2, 0) is 0 Å². The summed E-state index contributed by atoms with van der Waals surface area (Å²) in [6, 6.07) is 12.8. The Hall–Kier alpha value is -1.87. The zero-order chi connectivity index (χ0) is 15.9. The maximum Gasteiger partial charge on any atom is 0.123 e. The molecule has 118 valence electrons. The molecule has 0 spiro atoms. The van der Waals surface area contributed by atoms with E-state index in [2.05, 4.69) is 19.9 Å². The second-order valence-electron chi connectivity index (χ2n) is 5.68. The minimum Gasteiger partial charge on any atom is -0.493 e. The molecule has 0 amide bonds. The molecule has 2 aromatic carbocycles. The Kier molecular flexibility index (Phi) is 5.96. The third-order valence-corrected chi connectivity index (χ3v) is 4.11. The molecular weight excluding hydrogens is 277 g/mol. The number of halogens is 1. The van der Waals surface area contributed by atoms with Crippen molar-refractivity contribution in [3.63, 3.8) is 0 Å².